The van der Waals surface area contributed by atoms with Crippen LogP contribution in [0.2, 0.25) is 0 Å². The Morgan fingerprint density at radius 2 is 2.12 bits per heavy atom. The van der Waals surface area contributed by atoms with E-state index in [0.717, 1.165) is 18.7 Å². The summed E-state index contributed by atoms with van der Waals surface area (Å²) in [5, 5.41) is 9.51. The fourth-order valence-electron chi connectivity index (χ4n) is 1.32. The third-order valence-electron chi connectivity index (χ3n) is 2.93. The molecule has 0 fully saturated rings. The third kappa shape index (κ3) is 3.05. The van der Waals surface area contributed by atoms with Gasteiger partial charge >= 0.3 is 0 Å². The van der Waals surface area contributed by atoms with Crippen LogP contribution >= 0.6 is 0 Å². The van der Waals surface area contributed by atoms with Gasteiger partial charge in [0.05, 0.1) is 0 Å². The van der Waals surface area contributed by atoms with E-state index in [-0.39, 0.29) is 17.8 Å². The molecule has 0 aliphatic rings. The minimum absolute atomic E-state index is 0.140. The second kappa shape index (κ2) is 5.63. The van der Waals surface area contributed by atoms with Gasteiger partial charge in [-0.15, -0.1) is 5.10 Å². The highest BCUT2D eigenvalue weighted by Crippen LogP contribution is 2.07. The van der Waals surface area contributed by atoms with Crippen LogP contribution in [0, 0.1) is 5.92 Å². The average molecular weight is 224 g/mol. The van der Waals surface area contributed by atoms with E-state index >= 15 is 0 Å². The van der Waals surface area contributed by atoms with Crippen LogP contribution in [0.25, 0.3) is 0 Å². The lowest BCUT2D eigenvalue weighted by atomic mass is 10.0. The summed E-state index contributed by atoms with van der Waals surface area (Å²) in [4.78, 5) is 15.8. The second-order valence-corrected chi connectivity index (χ2v) is 4.11. The normalized spacial score (nSPS) is 14.5. The molecule has 2 atom stereocenters. The lowest BCUT2D eigenvalue weighted by Crippen LogP contribution is -2.37. The molecule has 0 aliphatic carbocycles. The SMILES string of the molecule is CCc1nc(C(=O)NC(C)C(C)CC)n[nH]1. The standard InChI is InChI=1S/C11H20N4O/c1-5-7(3)8(4)12-11(16)10-13-9(6-2)14-15-10/h7-8H,5-6H2,1-4H3,(H,12,16)(H,13,14,15). The molecule has 1 heterocycles. The summed E-state index contributed by atoms with van der Waals surface area (Å²) < 4.78 is 0. The van der Waals surface area contributed by atoms with Crippen molar-refractivity contribution < 1.29 is 4.79 Å². The van der Waals surface area contributed by atoms with Crippen molar-refractivity contribution in [2.24, 2.45) is 5.92 Å². The van der Waals surface area contributed by atoms with E-state index in [0.29, 0.717) is 5.92 Å². The Balaban J connectivity index is 2.58. The van der Waals surface area contributed by atoms with E-state index in [1.165, 1.54) is 0 Å². The van der Waals surface area contributed by atoms with Crippen LogP contribution in [0.1, 0.15) is 50.6 Å². The van der Waals surface area contributed by atoms with E-state index in [4.69, 9.17) is 0 Å². The molecule has 0 spiro atoms. The lowest BCUT2D eigenvalue weighted by molar-refractivity contribution is 0.0918. The molecule has 2 unspecified atom stereocenters. The molecule has 0 bridgehead atoms. The summed E-state index contributed by atoms with van der Waals surface area (Å²) >= 11 is 0. The van der Waals surface area contributed by atoms with Gasteiger partial charge in [0.15, 0.2) is 0 Å². The first-order chi connectivity index (χ1) is 7.58. The van der Waals surface area contributed by atoms with E-state index in [9.17, 15) is 4.79 Å². The number of nitrogens with one attached hydrogen (secondary N) is 2. The molecule has 0 saturated carbocycles. The van der Waals surface area contributed by atoms with Gasteiger partial charge in [0.1, 0.15) is 5.82 Å². The molecule has 0 saturated heterocycles. The molecule has 0 aliphatic heterocycles. The topological polar surface area (TPSA) is 70.7 Å². The van der Waals surface area contributed by atoms with Crippen molar-refractivity contribution in [1.82, 2.24) is 20.5 Å². The number of amides is 1. The van der Waals surface area contributed by atoms with Crippen molar-refractivity contribution in [1.29, 1.82) is 0 Å². The maximum atomic E-state index is 11.7. The number of hydrogen-bond donors (Lipinski definition) is 2. The van der Waals surface area contributed by atoms with Crippen molar-refractivity contribution in [2.45, 2.75) is 46.6 Å². The molecule has 1 amide bonds. The minimum atomic E-state index is -0.205. The van der Waals surface area contributed by atoms with E-state index < -0.39 is 0 Å². The lowest BCUT2D eigenvalue weighted by Gasteiger charge is -2.18. The van der Waals surface area contributed by atoms with Crippen molar-refractivity contribution >= 4 is 5.91 Å². The summed E-state index contributed by atoms with van der Waals surface area (Å²) in [7, 11) is 0. The molecule has 1 rings (SSSR count). The number of H-pyrrole nitrogens is 1. The Kier molecular flexibility index (Phi) is 4.46. The highest BCUT2D eigenvalue weighted by Gasteiger charge is 2.17. The number of aromatic nitrogens is 3. The monoisotopic (exact) mass is 224 g/mol. The number of carbonyl (C=O) groups is 1. The predicted molar refractivity (Wildman–Crippen MR) is 62.1 cm³/mol. The molecular weight excluding hydrogens is 204 g/mol. The second-order valence-electron chi connectivity index (χ2n) is 4.11. The highest BCUT2D eigenvalue weighted by molar-refractivity contribution is 5.90. The Morgan fingerprint density at radius 3 is 2.62 bits per heavy atom. The summed E-state index contributed by atoms with van der Waals surface area (Å²) in [6, 6.07) is 0.140. The zero-order chi connectivity index (χ0) is 12.1. The van der Waals surface area contributed by atoms with Gasteiger partial charge in [-0.1, -0.05) is 27.2 Å². The third-order valence-corrected chi connectivity index (χ3v) is 2.93. The van der Waals surface area contributed by atoms with E-state index in [2.05, 4.69) is 34.3 Å². The van der Waals surface area contributed by atoms with Gasteiger partial charge in [0, 0.05) is 12.5 Å². The van der Waals surface area contributed by atoms with E-state index in [1.54, 1.807) is 0 Å². The van der Waals surface area contributed by atoms with Crippen LogP contribution in [0.15, 0.2) is 0 Å². The molecule has 90 valence electrons. The van der Waals surface area contributed by atoms with Gasteiger partial charge in [-0.05, 0) is 12.8 Å². The van der Waals surface area contributed by atoms with Crippen LogP contribution < -0.4 is 5.32 Å². The zero-order valence-corrected chi connectivity index (χ0v) is 10.4. The van der Waals surface area contributed by atoms with Crippen molar-refractivity contribution in [3.05, 3.63) is 11.6 Å². The maximum absolute atomic E-state index is 11.7. The van der Waals surface area contributed by atoms with Crippen molar-refractivity contribution in [3.63, 3.8) is 0 Å². The summed E-state index contributed by atoms with van der Waals surface area (Å²) in [5.74, 6) is 1.21. The molecule has 5 heteroatoms. The first-order valence-corrected chi connectivity index (χ1v) is 5.80. The average Bonchev–Trinajstić information content (AvgIpc) is 2.76. The summed E-state index contributed by atoms with van der Waals surface area (Å²) in [6.07, 6.45) is 1.79. The summed E-state index contributed by atoms with van der Waals surface area (Å²) in [5.41, 5.74) is 0. The Hall–Kier alpha value is -1.39. The van der Waals surface area contributed by atoms with Gasteiger partial charge in [-0.3, -0.25) is 9.89 Å². The molecule has 1 aromatic rings. The first-order valence-electron chi connectivity index (χ1n) is 5.80. The van der Waals surface area contributed by atoms with Gasteiger partial charge in [-0.2, -0.15) is 0 Å². The molecular formula is C11H20N4O. The van der Waals surface area contributed by atoms with Gasteiger partial charge in [0.2, 0.25) is 5.82 Å². The Bertz CT molecular complexity index is 348. The molecule has 0 aromatic carbocycles. The van der Waals surface area contributed by atoms with E-state index in [1.807, 2.05) is 13.8 Å². The number of rotatable bonds is 5. The molecule has 1 aromatic heterocycles. The summed E-state index contributed by atoms with van der Waals surface area (Å²) in [6.45, 7) is 8.18. The van der Waals surface area contributed by atoms with Crippen LogP contribution in [-0.2, 0) is 6.42 Å². The number of aryl methyl sites for hydroxylation is 1. The van der Waals surface area contributed by atoms with Crippen LogP contribution in [-0.4, -0.2) is 27.1 Å². The fraction of sp³-hybridized carbons (Fsp3) is 0.727. The fourth-order valence-corrected chi connectivity index (χ4v) is 1.32. The smallest absolute Gasteiger partial charge is 0.291 e. The number of aromatic amines is 1. The number of nitrogens with zero attached hydrogens (tertiary/aromatic N) is 2. The van der Waals surface area contributed by atoms with Crippen LogP contribution in [0.5, 0.6) is 0 Å². The Labute approximate surface area is 96.0 Å². The molecule has 5 nitrogen and oxygen atoms in total. The predicted octanol–water partition coefficient (Wildman–Crippen LogP) is 1.53. The molecule has 16 heavy (non-hydrogen) atoms. The minimum Gasteiger partial charge on any atom is -0.347 e. The number of hydrogen-bond acceptors (Lipinski definition) is 3. The van der Waals surface area contributed by atoms with Crippen LogP contribution in [0.4, 0.5) is 0 Å². The highest BCUT2D eigenvalue weighted by atomic mass is 16.2. The number of carbonyl (C=O) groups excluding carboxylic acids is 1. The van der Waals surface area contributed by atoms with Gasteiger partial charge in [0.25, 0.3) is 5.91 Å². The Morgan fingerprint density at radius 1 is 1.44 bits per heavy atom. The zero-order valence-electron chi connectivity index (χ0n) is 10.4. The quantitative estimate of drug-likeness (QED) is 0.796. The van der Waals surface area contributed by atoms with Crippen molar-refractivity contribution in [3.8, 4) is 0 Å². The van der Waals surface area contributed by atoms with Crippen LogP contribution in [0.3, 0.4) is 0 Å². The first kappa shape index (κ1) is 12.7. The van der Waals surface area contributed by atoms with Gasteiger partial charge in [-0.25, -0.2) is 4.98 Å². The largest absolute Gasteiger partial charge is 0.347 e. The van der Waals surface area contributed by atoms with Crippen molar-refractivity contribution in [2.75, 3.05) is 0 Å². The molecule has 2 N–H and O–H groups in total. The van der Waals surface area contributed by atoms with Gasteiger partial charge < -0.3 is 5.32 Å². The maximum Gasteiger partial charge on any atom is 0.291 e. The molecule has 0 radical (unpaired) electrons.